The third-order valence-electron chi connectivity index (χ3n) is 2.24. The molecule has 0 saturated heterocycles. The van der Waals surface area contributed by atoms with Crippen molar-refractivity contribution in [2.45, 2.75) is 0 Å². The topological polar surface area (TPSA) is 38.0 Å². The summed E-state index contributed by atoms with van der Waals surface area (Å²) in [6.07, 6.45) is 0. The number of nitrogen functional groups attached to an aromatic ring is 1. The van der Waals surface area contributed by atoms with Crippen LogP contribution in [-0.2, 0) is 0 Å². The van der Waals surface area contributed by atoms with Gasteiger partial charge in [-0.3, -0.25) is 0 Å². The SMILES string of the molecule is Nc1cc(F)c(Br)cc1Nc1ccccc1F. The van der Waals surface area contributed by atoms with Gasteiger partial charge < -0.3 is 11.1 Å². The summed E-state index contributed by atoms with van der Waals surface area (Å²) < 4.78 is 26.8. The molecule has 0 heterocycles. The van der Waals surface area contributed by atoms with E-state index in [1.54, 1.807) is 18.2 Å². The first-order valence-corrected chi connectivity index (χ1v) is 5.63. The van der Waals surface area contributed by atoms with E-state index in [0.29, 0.717) is 5.69 Å². The zero-order chi connectivity index (χ0) is 12.4. The Labute approximate surface area is 106 Å². The minimum Gasteiger partial charge on any atom is -0.397 e. The Morgan fingerprint density at radius 1 is 1.00 bits per heavy atom. The number of anilines is 3. The van der Waals surface area contributed by atoms with Crippen molar-refractivity contribution in [2.75, 3.05) is 11.1 Å². The van der Waals surface area contributed by atoms with Crippen molar-refractivity contribution in [3.63, 3.8) is 0 Å². The Morgan fingerprint density at radius 3 is 2.41 bits per heavy atom. The van der Waals surface area contributed by atoms with Crippen LogP contribution in [0.1, 0.15) is 0 Å². The normalized spacial score (nSPS) is 10.3. The molecule has 0 spiro atoms. The van der Waals surface area contributed by atoms with Crippen molar-refractivity contribution < 1.29 is 8.78 Å². The van der Waals surface area contributed by atoms with Gasteiger partial charge in [0.05, 0.1) is 21.5 Å². The average Bonchev–Trinajstić information content (AvgIpc) is 2.29. The first-order chi connectivity index (χ1) is 8.08. The maximum absolute atomic E-state index is 13.4. The van der Waals surface area contributed by atoms with Crippen molar-refractivity contribution in [3.8, 4) is 0 Å². The Hall–Kier alpha value is -1.62. The number of benzene rings is 2. The highest BCUT2D eigenvalue weighted by molar-refractivity contribution is 9.10. The second-order valence-corrected chi connectivity index (χ2v) is 4.31. The molecule has 0 atom stereocenters. The zero-order valence-electron chi connectivity index (χ0n) is 8.68. The second-order valence-electron chi connectivity index (χ2n) is 3.46. The summed E-state index contributed by atoms with van der Waals surface area (Å²) in [5.74, 6) is -0.853. The number of rotatable bonds is 2. The minimum absolute atomic E-state index is 0.217. The summed E-state index contributed by atoms with van der Waals surface area (Å²) in [7, 11) is 0. The Bertz CT molecular complexity index is 558. The lowest BCUT2D eigenvalue weighted by molar-refractivity contribution is 0.622. The fourth-order valence-corrected chi connectivity index (χ4v) is 1.72. The molecular formula is C12H9BrF2N2. The molecule has 0 aliphatic rings. The molecule has 2 nitrogen and oxygen atoms in total. The highest BCUT2D eigenvalue weighted by atomic mass is 79.9. The molecule has 0 saturated carbocycles. The molecule has 3 N–H and O–H groups in total. The van der Waals surface area contributed by atoms with Crippen molar-refractivity contribution >= 4 is 33.0 Å². The summed E-state index contributed by atoms with van der Waals surface area (Å²) in [6, 6.07) is 8.83. The lowest BCUT2D eigenvalue weighted by Gasteiger charge is -2.11. The quantitative estimate of drug-likeness (QED) is 0.821. The maximum atomic E-state index is 13.4. The molecule has 0 aliphatic carbocycles. The molecule has 0 amide bonds. The van der Waals surface area contributed by atoms with E-state index in [4.69, 9.17) is 5.73 Å². The van der Waals surface area contributed by atoms with Gasteiger partial charge in [-0.2, -0.15) is 0 Å². The first kappa shape index (κ1) is 11.9. The predicted molar refractivity (Wildman–Crippen MR) is 68.2 cm³/mol. The molecule has 0 bridgehead atoms. The van der Waals surface area contributed by atoms with Gasteiger partial charge in [0.15, 0.2) is 0 Å². The van der Waals surface area contributed by atoms with Gasteiger partial charge in [0.1, 0.15) is 11.6 Å². The molecule has 5 heteroatoms. The number of nitrogens with one attached hydrogen (secondary N) is 1. The summed E-state index contributed by atoms with van der Waals surface area (Å²) in [5.41, 5.74) is 6.60. The van der Waals surface area contributed by atoms with Gasteiger partial charge in [-0.25, -0.2) is 8.78 Å². The van der Waals surface area contributed by atoms with Crippen molar-refractivity contribution in [1.29, 1.82) is 0 Å². The molecule has 0 aliphatic heterocycles. The number of halogens is 3. The monoisotopic (exact) mass is 298 g/mol. The first-order valence-electron chi connectivity index (χ1n) is 4.84. The average molecular weight is 299 g/mol. The molecule has 2 rings (SSSR count). The van der Waals surface area contributed by atoms with Crippen LogP contribution in [0.15, 0.2) is 40.9 Å². The summed E-state index contributed by atoms with van der Waals surface area (Å²) in [4.78, 5) is 0. The van der Waals surface area contributed by atoms with Gasteiger partial charge in [-0.05, 0) is 34.1 Å². The Kier molecular flexibility index (Phi) is 3.28. The van der Waals surface area contributed by atoms with Crippen LogP contribution >= 0.6 is 15.9 Å². The van der Waals surface area contributed by atoms with E-state index >= 15 is 0 Å². The van der Waals surface area contributed by atoms with E-state index in [1.807, 2.05) is 0 Å². The summed E-state index contributed by atoms with van der Waals surface area (Å²) in [5, 5.41) is 2.81. The van der Waals surface area contributed by atoms with Gasteiger partial charge in [-0.15, -0.1) is 0 Å². The van der Waals surface area contributed by atoms with Crippen LogP contribution in [-0.4, -0.2) is 0 Å². The number of hydrogen-bond acceptors (Lipinski definition) is 2. The van der Waals surface area contributed by atoms with E-state index in [1.165, 1.54) is 18.2 Å². The van der Waals surface area contributed by atoms with Crippen molar-refractivity contribution in [2.24, 2.45) is 0 Å². The lowest BCUT2D eigenvalue weighted by Crippen LogP contribution is -1.99. The van der Waals surface area contributed by atoms with Crippen molar-refractivity contribution in [3.05, 3.63) is 52.5 Å². The van der Waals surface area contributed by atoms with E-state index in [0.717, 1.165) is 0 Å². The van der Waals surface area contributed by atoms with Gasteiger partial charge in [0.2, 0.25) is 0 Å². The molecule has 2 aromatic carbocycles. The largest absolute Gasteiger partial charge is 0.397 e. The van der Waals surface area contributed by atoms with Crippen LogP contribution in [0.25, 0.3) is 0 Å². The molecule has 88 valence electrons. The predicted octanol–water partition coefficient (Wildman–Crippen LogP) is 4.05. The minimum atomic E-state index is -0.457. The Balaban J connectivity index is 2.37. The summed E-state index contributed by atoms with van der Waals surface area (Å²) >= 11 is 3.05. The fraction of sp³-hybridized carbons (Fsp3) is 0. The highest BCUT2D eigenvalue weighted by Crippen LogP contribution is 2.29. The van der Waals surface area contributed by atoms with E-state index in [2.05, 4.69) is 21.2 Å². The van der Waals surface area contributed by atoms with Crippen LogP contribution in [0.3, 0.4) is 0 Å². The maximum Gasteiger partial charge on any atom is 0.146 e. The summed E-state index contributed by atoms with van der Waals surface area (Å²) in [6.45, 7) is 0. The second kappa shape index (κ2) is 4.71. The molecule has 0 aromatic heterocycles. The third kappa shape index (κ3) is 2.55. The fourth-order valence-electron chi connectivity index (χ4n) is 1.38. The van der Waals surface area contributed by atoms with Crippen LogP contribution in [0.5, 0.6) is 0 Å². The molecule has 0 unspecified atom stereocenters. The molecule has 17 heavy (non-hydrogen) atoms. The molecular weight excluding hydrogens is 290 g/mol. The van der Waals surface area contributed by atoms with Crippen molar-refractivity contribution in [1.82, 2.24) is 0 Å². The van der Waals surface area contributed by atoms with Crippen LogP contribution in [0.2, 0.25) is 0 Å². The third-order valence-corrected chi connectivity index (χ3v) is 2.84. The standard InChI is InChI=1S/C12H9BrF2N2/c13-7-5-12(10(16)6-9(7)15)17-11-4-2-1-3-8(11)14/h1-6,17H,16H2. The zero-order valence-corrected chi connectivity index (χ0v) is 10.3. The van der Waals surface area contributed by atoms with Crippen LogP contribution in [0.4, 0.5) is 25.8 Å². The smallest absolute Gasteiger partial charge is 0.146 e. The Morgan fingerprint density at radius 2 is 1.71 bits per heavy atom. The van der Waals surface area contributed by atoms with E-state index in [-0.39, 0.29) is 15.8 Å². The van der Waals surface area contributed by atoms with Gasteiger partial charge in [0, 0.05) is 6.07 Å². The number of hydrogen-bond donors (Lipinski definition) is 2. The lowest BCUT2D eigenvalue weighted by atomic mass is 10.2. The van der Waals surface area contributed by atoms with E-state index in [9.17, 15) is 8.78 Å². The highest BCUT2D eigenvalue weighted by Gasteiger charge is 2.08. The molecule has 2 aromatic rings. The number of para-hydroxylation sites is 1. The molecule has 0 radical (unpaired) electrons. The molecule has 0 fully saturated rings. The number of nitrogens with two attached hydrogens (primary N) is 1. The van der Waals surface area contributed by atoms with Crippen LogP contribution in [0, 0.1) is 11.6 Å². The van der Waals surface area contributed by atoms with Gasteiger partial charge >= 0.3 is 0 Å². The van der Waals surface area contributed by atoms with E-state index < -0.39 is 11.6 Å². The van der Waals surface area contributed by atoms with Crippen LogP contribution < -0.4 is 11.1 Å². The van der Waals surface area contributed by atoms with Gasteiger partial charge in [0.25, 0.3) is 0 Å². The van der Waals surface area contributed by atoms with Gasteiger partial charge in [-0.1, -0.05) is 12.1 Å².